The normalized spacial score (nSPS) is 18.3. The van der Waals surface area contributed by atoms with Crippen LogP contribution in [0.1, 0.15) is 43.9 Å². The smallest absolute Gasteiger partial charge is 0.264 e. The largest absolute Gasteiger partial charge is 0.265 e. The first kappa shape index (κ1) is 18.0. The number of rotatable bonds is 2. The quantitative estimate of drug-likeness (QED) is 0.551. The predicted molar refractivity (Wildman–Crippen MR) is 115 cm³/mol. The van der Waals surface area contributed by atoms with Crippen LogP contribution in [-0.4, -0.2) is 15.0 Å². The third kappa shape index (κ3) is 2.39. The lowest BCUT2D eigenvalue weighted by molar-refractivity contribution is 0.590. The van der Waals surface area contributed by atoms with Crippen molar-refractivity contribution < 1.29 is 8.42 Å². The predicted octanol–water partition coefficient (Wildman–Crippen LogP) is 5.26. The van der Waals surface area contributed by atoms with Crippen molar-refractivity contribution in [3.63, 3.8) is 0 Å². The molecule has 2 aromatic rings. The van der Waals surface area contributed by atoms with E-state index in [1.807, 2.05) is 25.1 Å². The Hall–Kier alpha value is -1.34. The zero-order chi connectivity index (χ0) is 18.9. The van der Waals surface area contributed by atoms with Crippen LogP contribution in [0.25, 0.3) is 5.57 Å². The number of allylic oxidation sites excluding steroid dienone is 1. The van der Waals surface area contributed by atoms with Gasteiger partial charge in [0, 0.05) is 21.1 Å². The topological polar surface area (TPSA) is 37.4 Å². The second kappa shape index (κ2) is 5.83. The number of nitrogens with zero attached hydrogens (tertiary/aromatic N) is 1. The molecular weight excluding hydrogens is 457 g/mol. The fourth-order valence-electron chi connectivity index (χ4n) is 4.18. The van der Waals surface area contributed by atoms with Crippen LogP contribution in [0, 0.1) is 10.5 Å². The van der Waals surface area contributed by atoms with Crippen LogP contribution in [0.15, 0.2) is 46.9 Å². The molecule has 26 heavy (non-hydrogen) atoms. The molecule has 0 saturated carbocycles. The Morgan fingerprint density at radius 1 is 1.04 bits per heavy atom. The van der Waals surface area contributed by atoms with Crippen molar-refractivity contribution in [2.45, 2.75) is 44.4 Å². The summed E-state index contributed by atoms with van der Waals surface area (Å²) in [5, 5.41) is 0. The molecule has 0 radical (unpaired) electrons. The average Bonchev–Trinajstić information content (AvgIpc) is 2.80. The molecule has 5 heteroatoms. The van der Waals surface area contributed by atoms with Crippen LogP contribution < -0.4 is 4.31 Å². The highest BCUT2D eigenvalue weighted by Gasteiger charge is 2.43. The Bertz CT molecular complexity index is 1050. The molecule has 0 N–H and O–H groups in total. The van der Waals surface area contributed by atoms with E-state index in [2.05, 4.69) is 49.4 Å². The van der Waals surface area contributed by atoms with Crippen LogP contribution in [0.3, 0.4) is 0 Å². The fourth-order valence-corrected chi connectivity index (χ4v) is 6.78. The van der Waals surface area contributed by atoms with Crippen molar-refractivity contribution in [1.29, 1.82) is 0 Å². The molecule has 0 amide bonds. The molecule has 0 saturated heterocycles. The summed E-state index contributed by atoms with van der Waals surface area (Å²) in [7, 11) is -3.56. The summed E-state index contributed by atoms with van der Waals surface area (Å²) < 4.78 is 29.5. The van der Waals surface area contributed by atoms with Crippen LogP contribution in [-0.2, 0) is 15.4 Å². The highest BCUT2D eigenvalue weighted by molar-refractivity contribution is 14.1. The minimum Gasteiger partial charge on any atom is -0.265 e. The van der Waals surface area contributed by atoms with Crippen molar-refractivity contribution >= 4 is 43.9 Å². The summed E-state index contributed by atoms with van der Waals surface area (Å²) in [6, 6.07) is 11.1. The second-order valence-corrected chi connectivity index (χ2v) is 10.7. The number of anilines is 1. The molecular formula is C21H22INO2S. The number of halogens is 1. The molecule has 1 aliphatic carbocycles. The van der Waals surface area contributed by atoms with E-state index in [9.17, 15) is 8.42 Å². The van der Waals surface area contributed by atoms with Gasteiger partial charge < -0.3 is 0 Å². The first-order chi connectivity index (χ1) is 12.2. The molecule has 136 valence electrons. The molecule has 3 nitrogen and oxygen atoms in total. The Morgan fingerprint density at radius 2 is 1.69 bits per heavy atom. The molecule has 4 rings (SSSR count). The molecule has 2 aromatic carbocycles. The van der Waals surface area contributed by atoms with Gasteiger partial charge in [-0.05, 0) is 78.3 Å². The molecule has 1 aliphatic heterocycles. The fraction of sp³-hybridized carbons (Fsp3) is 0.333. The molecule has 0 unspecified atom stereocenters. The lowest BCUT2D eigenvalue weighted by atomic mass is 9.82. The average molecular weight is 479 g/mol. The molecule has 0 fully saturated rings. The molecule has 0 aromatic heterocycles. The van der Waals surface area contributed by atoms with Crippen molar-refractivity contribution in [2.75, 3.05) is 10.8 Å². The van der Waals surface area contributed by atoms with Gasteiger partial charge in [-0.1, -0.05) is 37.1 Å². The van der Waals surface area contributed by atoms with Crippen molar-refractivity contribution in [3.8, 4) is 0 Å². The maximum atomic E-state index is 13.3. The monoisotopic (exact) mass is 479 g/mol. The number of hydrogen-bond donors (Lipinski definition) is 0. The first-order valence-electron chi connectivity index (χ1n) is 8.78. The van der Waals surface area contributed by atoms with E-state index >= 15 is 0 Å². The summed E-state index contributed by atoms with van der Waals surface area (Å²) in [5.41, 5.74) is 6.93. The Kier molecular flexibility index (Phi) is 4.04. The molecule has 0 atom stereocenters. The highest BCUT2D eigenvalue weighted by atomic mass is 127. The van der Waals surface area contributed by atoms with E-state index in [1.165, 1.54) is 20.3 Å². The summed E-state index contributed by atoms with van der Waals surface area (Å²) in [6.45, 7) is 9.13. The van der Waals surface area contributed by atoms with E-state index in [1.54, 1.807) is 16.4 Å². The Labute approximate surface area is 169 Å². The van der Waals surface area contributed by atoms with Gasteiger partial charge in [0.1, 0.15) is 0 Å². The third-order valence-electron chi connectivity index (χ3n) is 5.89. The van der Waals surface area contributed by atoms with Gasteiger partial charge in [-0.15, -0.1) is 0 Å². The van der Waals surface area contributed by atoms with E-state index in [0.717, 1.165) is 23.2 Å². The standard InChI is InChI=1S/C21H22INO2S/c1-13-5-7-15(8-6-13)26(24,25)23-12-11-16-14(2)21(3,4)20-17(22)9-10-18(23)19(16)20/h5-10H,11-12H2,1-4H3. The summed E-state index contributed by atoms with van der Waals surface area (Å²) in [5.74, 6) is 0. The Morgan fingerprint density at radius 3 is 2.35 bits per heavy atom. The zero-order valence-corrected chi connectivity index (χ0v) is 18.4. The van der Waals surface area contributed by atoms with E-state index in [4.69, 9.17) is 0 Å². The first-order valence-corrected chi connectivity index (χ1v) is 11.3. The van der Waals surface area contributed by atoms with Crippen LogP contribution in [0.4, 0.5) is 5.69 Å². The van der Waals surface area contributed by atoms with Crippen LogP contribution in [0.2, 0.25) is 0 Å². The number of aryl methyl sites for hydroxylation is 1. The highest BCUT2D eigenvalue weighted by Crippen LogP contribution is 2.54. The van der Waals surface area contributed by atoms with Crippen LogP contribution in [0.5, 0.6) is 0 Å². The van der Waals surface area contributed by atoms with Gasteiger partial charge in [0.2, 0.25) is 0 Å². The van der Waals surface area contributed by atoms with Gasteiger partial charge in [-0.2, -0.15) is 0 Å². The second-order valence-electron chi connectivity index (χ2n) is 7.69. The molecule has 0 bridgehead atoms. The van der Waals surface area contributed by atoms with Crippen molar-refractivity contribution in [2.24, 2.45) is 0 Å². The molecule has 2 aliphatic rings. The summed E-state index contributed by atoms with van der Waals surface area (Å²) in [6.07, 6.45) is 0.764. The number of hydrogen-bond acceptors (Lipinski definition) is 2. The van der Waals surface area contributed by atoms with Crippen LogP contribution >= 0.6 is 22.6 Å². The Balaban J connectivity index is 1.93. The maximum absolute atomic E-state index is 13.3. The minimum atomic E-state index is -3.56. The van der Waals surface area contributed by atoms with Gasteiger partial charge in [0.25, 0.3) is 10.0 Å². The SMILES string of the molecule is CC1=C2CCN(S(=O)(=O)c3ccc(C)cc3)c3ccc(I)c(c32)C1(C)C. The molecule has 1 heterocycles. The molecule has 0 spiro atoms. The third-order valence-corrected chi connectivity index (χ3v) is 8.62. The van der Waals surface area contributed by atoms with Gasteiger partial charge in [-0.3, -0.25) is 4.31 Å². The van der Waals surface area contributed by atoms with E-state index < -0.39 is 10.0 Å². The van der Waals surface area contributed by atoms with Crippen molar-refractivity contribution in [3.05, 3.63) is 62.2 Å². The zero-order valence-electron chi connectivity index (χ0n) is 15.4. The summed E-state index contributed by atoms with van der Waals surface area (Å²) >= 11 is 2.38. The van der Waals surface area contributed by atoms with Gasteiger partial charge >= 0.3 is 0 Å². The van der Waals surface area contributed by atoms with Gasteiger partial charge in [0.05, 0.1) is 10.6 Å². The van der Waals surface area contributed by atoms with Gasteiger partial charge in [0.15, 0.2) is 0 Å². The van der Waals surface area contributed by atoms with E-state index in [-0.39, 0.29) is 5.41 Å². The minimum absolute atomic E-state index is 0.0547. The maximum Gasteiger partial charge on any atom is 0.264 e. The summed E-state index contributed by atoms with van der Waals surface area (Å²) in [4.78, 5) is 0.358. The number of benzene rings is 2. The van der Waals surface area contributed by atoms with Gasteiger partial charge in [-0.25, -0.2) is 8.42 Å². The van der Waals surface area contributed by atoms with E-state index in [0.29, 0.717) is 11.4 Å². The van der Waals surface area contributed by atoms with Crippen molar-refractivity contribution in [1.82, 2.24) is 0 Å². The lowest BCUT2D eigenvalue weighted by Crippen LogP contribution is -2.35. The number of sulfonamides is 1. The lowest BCUT2D eigenvalue weighted by Gasteiger charge is -2.32.